The molecule has 156 valence electrons. The van der Waals surface area contributed by atoms with Gasteiger partial charge in [-0.1, -0.05) is 92.2 Å². The van der Waals surface area contributed by atoms with Crippen LogP contribution in [0.1, 0.15) is 57.9 Å². The van der Waals surface area contributed by atoms with E-state index in [0.29, 0.717) is 12.0 Å². The van der Waals surface area contributed by atoms with E-state index in [-0.39, 0.29) is 0 Å². The van der Waals surface area contributed by atoms with E-state index in [1.807, 2.05) is 30.3 Å². The highest BCUT2D eigenvalue weighted by atomic mass is 16.4. The molecular formula is C29H28O2. The SMILES string of the molecule is CCCCc1cc(C(=O)O)c(Cc2ccccc2)c2c(Cc3ccccc3)cccc12. The van der Waals surface area contributed by atoms with Gasteiger partial charge in [-0.2, -0.15) is 0 Å². The Hall–Kier alpha value is -3.39. The minimum Gasteiger partial charge on any atom is -0.478 e. The van der Waals surface area contributed by atoms with Gasteiger partial charge in [-0.3, -0.25) is 0 Å². The van der Waals surface area contributed by atoms with Crippen LogP contribution in [0.4, 0.5) is 0 Å². The van der Waals surface area contributed by atoms with Crippen LogP contribution in [0.5, 0.6) is 0 Å². The maximum atomic E-state index is 12.4. The van der Waals surface area contributed by atoms with Crippen LogP contribution in [-0.2, 0) is 19.3 Å². The summed E-state index contributed by atoms with van der Waals surface area (Å²) in [7, 11) is 0. The average Bonchev–Trinajstić information content (AvgIpc) is 2.79. The van der Waals surface area contributed by atoms with Gasteiger partial charge in [-0.25, -0.2) is 4.79 Å². The molecule has 0 saturated heterocycles. The molecule has 0 spiro atoms. The number of aryl methyl sites for hydroxylation is 1. The number of rotatable bonds is 8. The second-order valence-corrected chi connectivity index (χ2v) is 8.13. The Balaban J connectivity index is 1.96. The van der Waals surface area contributed by atoms with Crippen molar-refractivity contribution in [3.8, 4) is 0 Å². The third-order valence-corrected chi connectivity index (χ3v) is 5.93. The van der Waals surface area contributed by atoms with Crippen molar-refractivity contribution in [3.63, 3.8) is 0 Å². The monoisotopic (exact) mass is 408 g/mol. The van der Waals surface area contributed by atoms with Gasteiger partial charge in [0.25, 0.3) is 0 Å². The van der Waals surface area contributed by atoms with Crippen LogP contribution < -0.4 is 0 Å². The first-order valence-electron chi connectivity index (χ1n) is 11.0. The zero-order valence-electron chi connectivity index (χ0n) is 18.0. The van der Waals surface area contributed by atoms with E-state index in [9.17, 15) is 9.90 Å². The fourth-order valence-electron chi connectivity index (χ4n) is 4.41. The summed E-state index contributed by atoms with van der Waals surface area (Å²) >= 11 is 0. The summed E-state index contributed by atoms with van der Waals surface area (Å²) in [6, 6.07) is 28.9. The number of fused-ring (bicyclic) bond motifs is 1. The van der Waals surface area contributed by atoms with E-state index < -0.39 is 5.97 Å². The number of hydrogen-bond donors (Lipinski definition) is 1. The van der Waals surface area contributed by atoms with Crippen molar-refractivity contribution >= 4 is 16.7 Å². The first kappa shape index (κ1) is 20.9. The Morgan fingerprint density at radius 1 is 0.774 bits per heavy atom. The molecule has 2 nitrogen and oxygen atoms in total. The lowest BCUT2D eigenvalue weighted by Gasteiger charge is -2.18. The first-order chi connectivity index (χ1) is 15.2. The second kappa shape index (κ2) is 9.61. The molecule has 0 heterocycles. The van der Waals surface area contributed by atoms with Gasteiger partial charge >= 0.3 is 5.97 Å². The van der Waals surface area contributed by atoms with Gasteiger partial charge < -0.3 is 5.11 Å². The van der Waals surface area contributed by atoms with E-state index in [4.69, 9.17) is 0 Å². The Morgan fingerprint density at radius 3 is 2.03 bits per heavy atom. The molecule has 0 radical (unpaired) electrons. The van der Waals surface area contributed by atoms with Crippen molar-refractivity contribution in [2.24, 2.45) is 0 Å². The molecule has 0 atom stereocenters. The molecule has 0 saturated carbocycles. The zero-order chi connectivity index (χ0) is 21.6. The molecular weight excluding hydrogens is 380 g/mol. The molecule has 0 aliphatic heterocycles. The Bertz CT molecular complexity index is 1180. The van der Waals surface area contributed by atoms with Crippen LogP contribution in [0.2, 0.25) is 0 Å². The number of benzene rings is 4. The normalized spacial score (nSPS) is 11.0. The molecule has 0 unspecified atom stereocenters. The van der Waals surface area contributed by atoms with Crippen molar-refractivity contribution in [1.82, 2.24) is 0 Å². The summed E-state index contributed by atoms with van der Waals surface area (Å²) in [4.78, 5) is 12.4. The summed E-state index contributed by atoms with van der Waals surface area (Å²) in [5, 5.41) is 12.4. The summed E-state index contributed by atoms with van der Waals surface area (Å²) in [5.41, 5.74) is 6.04. The number of carboxylic acid groups (broad SMARTS) is 1. The van der Waals surface area contributed by atoms with Crippen LogP contribution in [0.3, 0.4) is 0 Å². The summed E-state index contributed by atoms with van der Waals surface area (Å²) in [6.45, 7) is 2.17. The lowest BCUT2D eigenvalue weighted by atomic mass is 9.85. The Labute approximate surface area is 184 Å². The highest BCUT2D eigenvalue weighted by Crippen LogP contribution is 2.33. The zero-order valence-corrected chi connectivity index (χ0v) is 18.0. The van der Waals surface area contributed by atoms with Crippen molar-refractivity contribution in [3.05, 3.63) is 118 Å². The molecule has 1 N–H and O–H groups in total. The van der Waals surface area contributed by atoms with E-state index in [1.165, 1.54) is 16.5 Å². The second-order valence-electron chi connectivity index (χ2n) is 8.13. The predicted molar refractivity (Wildman–Crippen MR) is 128 cm³/mol. The van der Waals surface area contributed by atoms with Gasteiger partial charge in [0.1, 0.15) is 0 Å². The van der Waals surface area contributed by atoms with E-state index in [2.05, 4.69) is 61.5 Å². The first-order valence-corrected chi connectivity index (χ1v) is 11.0. The van der Waals surface area contributed by atoms with Crippen molar-refractivity contribution in [2.75, 3.05) is 0 Å². The summed E-state index contributed by atoms with van der Waals surface area (Å²) in [5.74, 6) is -0.847. The Kier molecular flexibility index (Phi) is 6.47. The molecule has 4 aromatic carbocycles. The van der Waals surface area contributed by atoms with E-state index in [1.54, 1.807) is 0 Å². The number of carbonyl (C=O) groups is 1. The minimum absolute atomic E-state index is 0.433. The van der Waals surface area contributed by atoms with Gasteiger partial charge in [0.15, 0.2) is 0 Å². The van der Waals surface area contributed by atoms with Gasteiger partial charge in [-0.05, 0) is 70.3 Å². The number of carboxylic acids is 1. The molecule has 0 aliphatic carbocycles. The predicted octanol–water partition coefficient (Wildman–Crippen LogP) is 7.06. The van der Waals surface area contributed by atoms with Gasteiger partial charge in [0, 0.05) is 0 Å². The standard InChI is InChI=1S/C29H28O2/c1-2-3-15-23-20-27(29(30)31)26(19-22-13-8-5-9-14-22)28-24(16-10-17-25(23)28)18-21-11-6-4-7-12-21/h4-14,16-17,20H,2-3,15,18-19H2,1H3,(H,30,31). The van der Waals surface area contributed by atoms with Crippen LogP contribution in [-0.4, -0.2) is 11.1 Å². The maximum absolute atomic E-state index is 12.4. The smallest absolute Gasteiger partial charge is 0.336 e. The Morgan fingerprint density at radius 2 is 1.42 bits per heavy atom. The number of aromatic carboxylic acids is 1. The summed E-state index contributed by atoms with van der Waals surface area (Å²) < 4.78 is 0. The highest BCUT2D eigenvalue weighted by molar-refractivity contribution is 6.01. The molecule has 31 heavy (non-hydrogen) atoms. The molecule has 0 bridgehead atoms. The van der Waals surface area contributed by atoms with Crippen LogP contribution in [0.15, 0.2) is 84.9 Å². The lowest BCUT2D eigenvalue weighted by molar-refractivity contribution is 0.0696. The molecule has 0 fully saturated rings. The van der Waals surface area contributed by atoms with Crippen LogP contribution in [0.25, 0.3) is 10.8 Å². The molecule has 2 heteroatoms. The average molecular weight is 409 g/mol. The minimum atomic E-state index is -0.847. The lowest BCUT2D eigenvalue weighted by Crippen LogP contribution is -2.08. The molecule has 0 aliphatic rings. The summed E-state index contributed by atoms with van der Waals surface area (Å²) in [6.07, 6.45) is 4.43. The van der Waals surface area contributed by atoms with E-state index >= 15 is 0 Å². The third-order valence-electron chi connectivity index (χ3n) is 5.93. The van der Waals surface area contributed by atoms with Crippen molar-refractivity contribution in [1.29, 1.82) is 0 Å². The maximum Gasteiger partial charge on any atom is 0.336 e. The fourth-order valence-corrected chi connectivity index (χ4v) is 4.41. The highest BCUT2D eigenvalue weighted by Gasteiger charge is 2.19. The van der Waals surface area contributed by atoms with Gasteiger partial charge in [0.05, 0.1) is 5.56 Å². The van der Waals surface area contributed by atoms with Crippen molar-refractivity contribution in [2.45, 2.75) is 39.0 Å². The van der Waals surface area contributed by atoms with Crippen LogP contribution >= 0.6 is 0 Å². The third kappa shape index (κ3) is 4.69. The van der Waals surface area contributed by atoms with E-state index in [0.717, 1.165) is 47.8 Å². The van der Waals surface area contributed by atoms with Crippen LogP contribution in [0, 0.1) is 0 Å². The van der Waals surface area contributed by atoms with Crippen molar-refractivity contribution < 1.29 is 9.90 Å². The topological polar surface area (TPSA) is 37.3 Å². The quantitative estimate of drug-likeness (QED) is 0.339. The number of hydrogen-bond acceptors (Lipinski definition) is 1. The molecule has 4 aromatic rings. The number of unbranched alkanes of at least 4 members (excludes halogenated alkanes) is 1. The molecule has 0 aromatic heterocycles. The molecule has 4 rings (SSSR count). The largest absolute Gasteiger partial charge is 0.478 e. The van der Waals surface area contributed by atoms with Gasteiger partial charge in [-0.15, -0.1) is 0 Å². The van der Waals surface area contributed by atoms with Gasteiger partial charge in [0.2, 0.25) is 0 Å². The fraction of sp³-hybridized carbons (Fsp3) is 0.207. The molecule has 0 amide bonds.